The fraction of sp³-hybridized carbons (Fsp3) is 0.316. The Morgan fingerprint density at radius 1 is 1.26 bits per heavy atom. The summed E-state index contributed by atoms with van der Waals surface area (Å²) in [6.07, 6.45) is 4.74. The molecular weight excluding hydrogens is 348 g/mol. The second kappa shape index (κ2) is 7.24. The van der Waals surface area contributed by atoms with E-state index in [1.807, 2.05) is 28.8 Å². The highest BCUT2D eigenvalue weighted by atomic mass is 16.5. The normalized spacial score (nSPS) is 11.7. The van der Waals surface area contributed by atoms with Crippen molar-refractivity contribution in [3.05, 3.63) is 48.4 Å². The monoisotopic (exact) mass is 370 g/mol. The predicted molar refractivity (Wildman–Crippen MR) is 101 cm³/mol. The van der Waals surface area contributed by atoms with Crippen LogP contribution in [0.15, 0.2) is 42.9 Å². The van der Waals surface area contributed by atoms with Crippen LogP contribution in [0, 0.1) is 0 Å². The molecule has 0 fully saturated rings. The van der Waals surface area contributed by atoms with Crippen LogP contribution in [0.5, 0.6) is 0 Å². The number of rotatable bonds is 7. The summed E-state index contributed by atoms with van der Waals surface area (Å²) in [5, 5.41) is 17.0. The molecule has 2 heterocycles. The molecule has 3 rings (SSSR count). The summed E-state index contributed by atoms with van der Waals surface area (Å²) in [6, 6.07) is 7.65. The number of fused-ring (bicyclic) bond motifs is 1. The number of hydrogen-bond donors (Lipinski definition) is 2. The van der Waals surface area contributed by atoms with E-state index in [0.29, 0.717) is 24.4 Å². The number of benzene rings is 1. The third kappa shape index (κ3) is 3.56. The Balaban J connectivity index is 1.87. The Bertz CT molecular complexity index is 987. The number of nitrogens with one attached hydrogen (secondary N) is 1. The molecule has 142 valence electrons. The number of para-hydroxylation sites is 1. The summed E-state index contributed by atoms with van der Waals surface area (Å²) < 4.78 is 8.42. The molecule has 27 heavy (non-hydrogen) atoms. The lowest BCUT2D eigenvalue weighted by Gasteiger charge is -2.19. The van der Waals surface area contributed by atoms with E-state index in [1.165, 1.54) is 30.9 Å². The van der Waals surface area contributed by atoms with Crippen LogP contribution in [0.3, 0.4) is 0 Å². The Morgan fingerprint density at radius 3 is 2.70 bits per heavy atom. The second-order valence-electron chi connectivity index (χ2n) is 6.74. The van der Waals surface area contributed by atoms with Crippen LogP contribution >= 0.6 is 0 Å². The molecule has 0 saturated heterocycles. The SMILES string of the molecule is COCCn1cc(C(=O)Nc2cnn(C(C)(C)C(=O)O)c2)c2ccccc21. The zero-order chi connectivity index (χ0) is 19.6. The van der Waals surface area contributed by atoms with Crippen LogP contribution in [-0.4, -0.2) is 45.0 Å². The maximum absolute atomic E-state index is 12.8. The lowest BCUT2D eigenvalue weighted by Crippen LogP contribution is -2.35. The fourth-order valence-corrected chi connectivity index (χ4v) is 2.79. The first kappa shape index (κ1) is 18.7. The molecule has 0 spiro atoms. The molecule has 0 aliphatic rings. The molecule has 0 aliphatic heterocycles. The van der Waals surface area contributed by atoms with Crippen LogP contribution in [0.1, 0.15) is 24.2 Å². The summed E-state index contributed by atoms with van der Waals surface area (Å²) in [5.41, 5.74) is 0.705. The van der Waals surface area contributed by atoms with E-state index < -0.39 is 11.5 Å². The molecule has 8 nitrogen and oxygen atoms in total. The number of hydrogen-bond acceptors (Lipinski definition) is 4. The molecule has 2 N–H and O–H groups in total. The number of methoxy groups -OCH3 is 1. The fourth-order valence-electron chi connectivity index (χ4n) is 2.79. The maximum atomic E-state index is 12.8. The summed E-state index contributed by atoms with van der Waals surface area (Å²) in [7, 11) is 1.63. The first-order valence-electron chi connectivity index (χ1n) is 8.51. The smallest absolute Gasteiger partial charge is 0.331 e. The minimum absolute atomic E-state index is 0.282. The average molecular weight is 370 g/mol. The van der Waals surface area contributed by atoms with Gasteiger partial charge in [-0.05, 0) is 19.9 Å². The van der Waals surface area contributed by atoms with Gasteiger partial charge in [0.25, 0.3) is 5.91 Å². The molecule has 0 saturated carbocycles. The van der Waals surface area contributed by atoms with Crippen molar-refractivity contribution >= 4 is 28.5 Å². The molecule has 2 aromatic heterocycles. The lowest BCUT2D eigenvalue weighted by atomic mass is 10.1. The van der Waals surface area contributed by atoms with E-state index in [0.717, 1.165) is 10.9 Å². The maximum Gasteiger partial charge on any atom is 0.331 e. The van der Waals surface area contributed by atoms with Gasteiger partial charge < -0.3 is 19.7 Å². The molecular formula is C19H22N4O4. The highest BCUT2D eigenvalue weighted by Crippen LogP contribution is 2.23. The molecule has 1 amide bonds. The number of carboxylic acids is 1. The average Bonchev–Trinajstić information content (AvgIpc) is 3.25. The third-order valence-corrected chi connectivity index (χ3v) is 4.51. The molecule has 0 atom stereocenters. The van der Waals surface area contributed by atoms with Gasteiger partial charge in [-0.2, -0.15) is 5.10 Å². The van der Waals surface area contributed by atoms with Gasteiger partial charge in [-0.15, -0.1) is 0 Å². The summed E-state index contributed by atoms with van der Waals surface area (Å²) in [5.74, 6) is -1.29. The molecule has 0 unspecified atom stereocenters. The molecule has 0 bridgehead atoms. The van der Waals surface area contributed by atoms with Crippen molar-refractivity contribution in [2.75, 3.05) is 19.0 Å². The number of aliphatic carboxylic acids is 1. The number of ether oxygens (including phenoxy) is 1. The number of aromatic nitrogens is 3. The van der Waals surface area contributed by atoms with E-state index in [1.54, 1.807) is 13.3 Å². The van der Waals surface area contributed by atoms with E-state index >= 15 is 0 Å². The van der Waals surface area contributed by atoms with Gasteiger partial charge in [0.1, 0.15) is 0 Å². The van der Waals surface area contributed by atoms with Crippen molar-refractivity contribution in [1.29, 1.82) is 0 Å². The Hall–Kier alpha value is -3.13. The van der Waals surface area contributed by atoms with Crippen molar-refractivity contribution in [3.63, 3.8) is 0 Å². The molecule has 0 radical (unpaired) electrons. The number of carbonyl (C=O) groups excluding carboxylic acids is 1. The first-order chi connectivity index (χ1) is 12.8. The second-order valence-corrected chi connectivity index (χ2v) is 6.74. The molecule has 3 aromatic rings. The van der Waals surface area contributed by atoms with Crippen LogP contribution in [0.25, 0.3) is 10.9 Å². The third-order valence-electron chi connectivity index (χ3n) is 4.51. The van der Waals surface area contributed by atoms with Gasteiger partial charge >= 0.3 is 5.97 Å². The lowest BCUT2D eigenvalue weighted by molar-refractivity contribution is -0.146. The van der Waals surface area contributed by atoms with E-state index in [-0.39, 0.29) is 5.91 Å². The zero-order valence-electron chi connectivity index (χ0n) is 15.5. The van der Waals surface area contributed by atoms with Gasteiger partial charge in [0.2, 0.25) is 0 Å². The molecule has 1 aromatic carbocycles. The summed E-state index contributed by atoms with van der Waals surface area (Å²) in [4.78, 5) is 24.1. The Morgan fingerprint density at radius 2 is 2.00 bits per heavy atom. The minimum atomic E-state index is -1.21. The largest absolute Gasteiger partial charge is 0.479 e. The summed E-state index contributed by atoms with van der Waals surface area (Å²) in [6.45, 7) is 4.25. The van der Waals surface area contributed by atoms with Gasteiger partial charge in [-0.25, -0.2) is 4.79 Å². The van der Waals surface area contributed by atoms with E-state index in [4.69, 9.17) is 4.74 Å². The van der Waals surface area contributed by atoms with Gasteiger partial charge in [0.15, 0.2) is 5.54 Å². The van der Waals surface area contributed by atoms with E-state index in [9.17, 15) is 14.7 Å². The Kier molecular flexibility index (Phi) is 5.00. The highest BCUT2D eigenvalue weighted by molar-refractivity contribution is 6.12. The van der Waals surface area contributed by atoms with Gasteiger partial charge in [-0.3, -0.25) is 9.48 Å². The van der Waals surface area contributed by atoms with Crippen LogP contribution in [0.2, 0.25) is 0 Å². The van der Waals surface area contributed by atoms with E-state index in [2.05, 4.69) is 10.4 Å². The summed E-state index contributed by atoms with van der Waals surface area (Å²) >= 11 is 0. The number of nitrogens with zero attached hydrogens (tertiary/aromatic N) is 3. The van der Waals surface area contributed by atoms with Crippen molar-refractivity contribution < 1.29 is 19.4 Å². The number of amides is 1. The van der Waals surface area contributed by atoms with Crippen LogP contribution in [-0.2, 0) is 21.6 Å². The van der Waals surface area contributed by atoms with Gasteiger partial charge in [0, 0.05) is 37.0 Å². The van der Waals surface area contributed by atoms with Crippen molar-refractivity contribution in [1.82, 2.24) is 14.3 Å². The topological polar surface area (TPSA) is 98.4 Å². The molecule has 8 heteroatoms. The molecule has 0 aliphatic carbocycles. The standard InChI is InChI=1S/C19H22N4O4/c1-19(2,18(25)26)23-11-13(10-20-23)21-17(24)15-12-22(8-9-27-3)16-7-5-4-6-14(15)16/h4-7,10-12H,8-9H2,1-3H3,(H,21,24)(H,25,26). The van der Waals surface area contributed by atoms with Crippen molar-refractivity contribution in [2.45, 2.75) is 25.9 Å². The first-order valence-corrected chi connectivity index (χ1v) is 8.51. The number of carbonyl (C=O) groups is 2. The minimum Gasteiger partial charge on any atom is -0.479 e. The van der Waals surface area contributed by atoms with Crippen LogP contribution < -0.4 is 5.32 Å². The number of anilines is 1. The van der Waals surface area contributed by atoms with Crippen LogP contribution in [0.4, 0.5) is 5.69 Å². The van der Waals surface area contributed by atoms with Crippen molar-refractivity contribution in [2.24, 2.45) is 0 Å². The van der Waals surface area contributed by atoms with Gasteiger partial charge in [0.05, 0.1) is 24.1 Å². The predicted octanol–water partition coefficient (Wildman–Crippen LogP) is 2.56. The highest BCUT2D eigenvalue weighted by Gasteiger charge is 2.30. The van der Waals surface area contributed by atoms with Gasteiger partial charge in [-0.1, -0.05) is 18.2 Å². The number of carboxylic acid groups (broad SMARTS) is 1. The zero-order valence-corrected chi connectivity index (χ0v) is 15.5. The van der Waals surface area contributed by atoms with Crippen molar-refractivity contribution in [3.8, 4) is 0 Å². The Labute approximate surface area is 156 Å². The quantitative estimate of drug-likeness (QED) is 0.666.